The van der Waals surface area contributed by atoms with E-state index in [0.29, 0.717) is 28.4 Å². The molecule has 0 bridgehead atoms. The second kappa shape index (κ2) is 7.08. The summed E-state index contributed by atoms with van der Waals surface area (Å²) in [7, 11) is 3.02. The number of hydrogen-bond donors (Lipinski definition) is 1. The van der Waals surface area contributed by atoms with E-state index in [4.69, 9.17) is 9.47 Å². The molecule has 0 aliphatic carbocycles. The maximum Gasteiger partial charge on any atom is 0.280 e. The summed E-state index contributed by atoms with van der Waals surface area (Å²) in [4.78, 5) is 33.8. The number of carbonyl (C=O) groups excluding carboxylic acids is 1. The van der Waals surface area contributed by atoms with Gasteiger partial charge in [0.15, 0.2) is 5.82 Å². The Morgan fingerprint density at radius 3 is 2.82 bits per heavy atom. The van der Waals surface area contributed by atoms with Crippen molar-refractivity contribution in [1.82, 2.24) is 24.3 Å². The van der Waals surface area contributed by atoms with Crippen molar-refractivity contribution in [1.29, 1.82) is 0 Å². The summed E-state index contributed by atoms with van der Waals surface area (Å²) in [6, 6.07) is 8.40. The van der Waals surface area contributed by atoms with E-state index in [2.05, 4.69) is 20.5 Å². The number of nitrogens with zero attached hydrogens (tertiary/aromatic N) is 5. The molecule has 10 nitrogen and oxygen atoms in total. The highest BCUT2D eigenvalue weighted by Gasteiger charge is 2.15. The fraction of sp³-hybridized carbons (Fsp3) is 0.167. The smallest absolute Gasteiger partial charge is 0.280 e. The normalized spacial score (nSPS) is 11.1. The van der Waals surface area contributed by atoms with Crippen LogP contribution >= 0.6 is 0 Å². The quantitative estimate of drug-likeness (QED) is 0.549. The maximum atomic E-state index is 12.8. The highest BCUT2D eigenvalue weighted by molar-refractivity contribution is 6.02. The summed E-state index contributed by atoms with van der Waals surface area (Å²) >= 11 is 0. The van der Waals surface area contributed by atoms with E-state index in [1.807, 2.05) is 0 Å². The third-order valence-corrected chi connectivity index (χ3v) is 4.12. The van der Waals surface area contributed by atoms with Gasteiger partial charge in [0.05, 0.1) is 23.6 Å². The Kier molecular flexibility index (Phi) is 4.45. The zero-order valence-corrected chi connectivity index (χ0v) is 15.1. The summed E-state index contributed by atoms with van der Waals surface area (Å²) < 4.78 is 12.8. The molecule has 1 aromatic carbocycles. The molecule has 0 aliphatic rings. The van der Waals surface area contributed by atoms with E-state index < -0.39 is 11.5 Å². The number of amides is 1. The van der Waals surface area contributed by atoms with Gasteiger partial charge in [-0.05, 0) is 18.2 Å². The van der Waals surface area contributed by atoms with Crippen LogP contribution in [0, 0.1) is 0 Å². The molecule has 4 rings (SSSR count). The minimum atomic E-state index is -0.476. The highest BCUT2D eigenvalue weighted by Crippen LogP contribution is 2.17. The summed E-state index contributed by atoms with van der Waals surface area (Å²) in [6.07, 6.45) is 2.86. The van der Waals surface area contributed by atoms with Crippen LogP contribution < -0.4 is 15.7 Å². The number of aromatic nitrogens is 5. The molecule has 0 atom stereocenters. The minimum Gasteiger partial charge on any atom is -0.496 e. The first-order chi connectivity index (χ1) is 13.6. The van der Waals surface area contributed by atoms with E-state index in [9.17, 15) is 9.59 Å². The lowest BCUT2D eigenvalue weighted by Crippen LogP contribution is -2.33. The van der Waals surface area contributed by atoms with Crippen LogP contribution in [0.15, 0.2) is 47.5 Å². The number of nitrogens with one attached hydrogen (secondary N) is 1. The lowest BCUT2D eigenvalue weighted by Gasteiger charge is -2.11. The Morgan fingerprint density at radius 1 is 1.21 bits per heavy atom. The first kappa shape index (κ1) is 17.6. The number of pyridine rings is 1. The number of para-hydroxylation sites is 1. The molecular formula is C18H16N6O4. The lowest BCUT2D eigenvalue weighted by molar-refractivity contribution is 0.100. The molecule has 0 radical (unpaired) electrons. The Morgan fingerprint density at radius 2 is 2.04 bits per heavy atom. The fourth-order valence-electron chi connectivity index (χ4n) is 2.84. The standard InChI is InChI=1S/C18H16N6O4/c1-27-10-15-20-18-19-9-12-13(24(18)21-15)7-8-23(17(12)26)22-16(25)11-5-3-4-6-14(11)28-2/h3-9H,10H2,1-2H3,(H,22,25). The SMILES string of the molecule is COCc1nc2ncc3c(=O)n(NC(=O)c4ccccc4OC)ccc3n2n1. The molecule has 0 fully saturated rings. The van der Waals surface area contributed by atoms with E-state index >= 15 is 0 Å². The number of ether oxygens (including phenoxy) is 2. The van der Waals surface area contributed by atoms with Crippen LogP contribution in [0.3, 0.4) is 0 Å². The van der Waals surface area contributed by atoms with Crippen LogP contribution in [-0.4, -0.2) is 44.4 Å². The highest BCUT2D eigenvalue weighted by atomic mass is 16.5. The Balaban J connectivity index is 1.74. The third-order valence-electron chi connectivity index (χ3n) is 4.12. The van der Waals surface area contributed by atoms with Gasteiger partial charge in [0.2, 0.25) is 0 Å². The average Bonchev–Trinajstić information content (AvgIpc) is 3.13. The van der Waals surface area contributed by atoms with Crippen LogP contribution in [0.4, 0.5) is 0 Å². The van der Waals surface area contributed by atoms with E-state index in [1.54, 1.807) is 37.4 Å². The lowest BCUT2D eigenvalue weighted by atomic mass is 10.2. The molecule has 0 saturated carbocycles. The Hall–Kier alpha value is -3.79. The second-order valence-electron chi connectivity index (χ2n) is 5.86. The van der Waals surface area contributed by atoms with Crippen molar-refractivity contribution in [2.75, 3.05) is 19.6 Å². The van der Waals surface area contributed by atoms with Gasteiger partial charge in [-0.25, -0.2) is 9.66 Å². The predicted molar refractivity (Wildman–Crippen MR) is 99.9 cm³/mol. The third kappa shape index (κ3) is 2.95. The van der Waals surface area contributed by atoms with Gasteiger partial charge in [-0.1, -0.05) is 12.1 Å². The molecule has 1 amide bonds. The number of methoxy groups -OCH3 is 2. The number of benzene rings is 1. The van der Waals surface area contributed by atoms with Crippen LogP contribution in [0.25, 0.3) is 16.7 Å². The molecular weight excluding hydrogens is 364 g/mol. The molecule has 0 saturated heterocycles. The molecule has 28 heavy (non-hydrogen) atoms. The van der Waals surface area contributed by atoms with Crippen molar-refractivity contribution < 1.29 is 14.3 Å². The average molecular weight is 380 g/mol. The molecule has 0 spiro atoms. The molecule has 3 aromatic heterocycles. The predicted octanol–water partition coefficient (Wildman–Crippen LogP) is 0.978. The van der Waals surface area contributed by atoms with Crippen molar-refractivity contribution in [2.24, 2.45) is 0 Å². The van der Waals surface area contributed by atoms with Gasteiger partial charge in [0.25, 0.3) is 17.2 Å². The van der Waals surface area contributed by atoms with Gasteiger partial charge in [-0.15, -0.1) is 5.10 Å². The summed E-state index contributed by atoms with van der Waals surface area (Å²) in [6.45, 7) is 0.233. The Bertz CT molecular complexity index is 1250. The van der Waals surface area contributed by atoms with Crippen LogP contribution in [0.1, 0.15) is 16.2 Å². The fourth-order valence-corrected chi connectivity index (χ4v) is 2.84. The topological polar surface area (TPSA) is 113 Å². The van der Waals surface area contributed by atoms with Crippen molar-refractivity contribution in [3.8, 4) is 5.75 Å². The van der Waals surface area contributed by atoms with Crippen LogP contribution in [0.5, 0.6) is 5.75 Å². The van der Waals surface area contributed by atoms with Gasteiger partial charge in [-0.3, -0.25) is 15.0 Å². The first-order valence-electron chi connectivity index (χ1n) is 8.31. The molecule has 142 valence electrons. The van der Waals surface area contributed by atoms with Crippen LogP contribution in [-0.2, 0) is 11.3 Å². The number of rotatable bonds is 5. The first-order valence-corrected chi connectivity index (χ1v) is 8.31. The molecule has 4 aromatic rings. The molecule has 1 N–H and O–H groups in total. The number of carbonyl (C=O) groups is 1. The van der Waals surface area contributed by atoms with Crippen LogP contribution in [0.2, 0.25) is 0 Å². The number of hydrogen-bond acceptors (Lipinski definition) is 7. The maximum absolute atomic E-state index is 12.8. The molecule has 0 unspecified atom stereocenters. The number of fused-ring (bicyclic) bond motifs is 3. The van der Waals surface area contributed by atoms with Gasteiger partial charge in [0, 0.05) is 19.5 Å². The zero-order valence-electron chi connectivity index (χ0n) is 15.1. The second-order valence-corrected chi connectivity index (χ2v) is 5.86. The zero-order chi connectivity index (χ0) is 19.7. The van der Waals surface area contributed by atoms with Gasteiger partial charge < -0.3 is 9.47 Å². The van der Waals surface area contributed by atoms with Crippen molar-refractivity contribution >= 4 is 22.6 Å². The summed E-state index contributed by atoms with van der Waals surface area (Å²) in [5.74, 6) is 0.743. The molecule has 3 heterocycles. The Labute approximate surface area is 158 Å². The monoisotopic (exact) mass is 380 g/mol. The molecule has 10 heteroatoms. The van der Waals surface area contributed by atoms with Gasteiger partial charge in [0.1, 0.15) is 12.4 Å². The summed E-state index contributed by atoms with van der Waals surface area (Å²) in [5, 5.41) is 4.58. The summed E-state index contributed by atoms with van der Waals surface area (Å²) in [5.41, 5.74) is 2.95. The van der Waals surface area contributed by atoms with Crippen molar-refractivity contribution in [2.45, 2.75) is 6.61 Å². The van der Waals surface area contributed by atoms with E-state index in [-0.39, 0.29) is 12.0 Å². The molecule has 0 aliphatic heterocycles. The van der Waals surface area contributed by atoms with Gasteiger partial charge >= 0.3 is 0 Å². The van der Waals surface area contributed by atoms with E-state index in [0.717, 1.165) is 4.68 Å². The van der Waals surface area contributed by atoms with Gasteiger partial charge in [-0.2, -0.15) is 9.50 Å². The van der Waals surface area contributed by atoms with Crippen molar-refractivity contribution in [3.63, 3.8) is 0 Å². The minimum absolute atomic E-state index is 0.233. The van der Waals surface area contributed by atoms with E-state index in [1.165, 1.54) is 24.0 Å². The largest absolute Gasteiger partial charge is 0.496 e. The van der Waals surface area contributed by atoms with Crippen molar-refractivity contribution in [3.05, 3.63) is 64.5 Å².